The van der Waals surface area contributed by atoms with Crippen LogP contribution in [0.3, 0.4) is 0 Å². The molecular formula is C21H19F3N4O2. The number of hydrogen-bond donors (Lipinski definition) is 1. The average molecular weight is 416 g/mol. The summed E-state index contributed by atoms with van der Waals surface area (Å²) in [6.07, 6.45) is -3.38. The monoisotopic (exact) mass is 416 g/mol. The van der Waals surface area contributed by atoms with Gasteiger partial charge in [-0.3, -0.25) is 4.79 Å². The second-order valence-corrected chi connectivity index (χ2v) is 7.20. The van der Waals surface area contributed by atoms with Gasteiger partial charge in [0.05, 0.1) is 11.3 Å². The summed E-state index contributed by atoms with van der Waals surface area (Å²) in [5, 5.41) is 6.66. The fourth-order valence-electron chi connectivity index (χ4n) is 3.76. The normalized spacial score (nSPS) is 15.4. The van der Waals surface area contributed by atoms with Crippen molar-refractivity contribution in [3.63, 3.8) is 0 Å². The summed E-state index contributed by atoms with van der Waals surface area (Å²) in [4.78, 5) is 26.5. The molecule has 0 spiro atoms. The minimum Gasteiger partial charge on any atom is -0.339 e. The van der Waals surface area contributed by atoms with Crippen molar-refractivity contribution in [2.24, 2.45) is 0 Å². The molecule has 4 rings (SSSR count). The molecule has 1 aromatic heterocycles. The second-order valence-electron chi connectivity index (χ2n) is 7.20. The molecule has 0 unspecified atom stereocenters. The third-order valence-corrected chi connectivity index (χ3v) is 5.30. The van der Waals surface area contributed by atoms with E-state index in [1.807, 2.05) is 30.3 Å². The Balaban J connectivity index is 1.49. The Kier molecular flexibility index (Phi) is 5.19. The van der Waals surface area contributed by atoms with Crippen LogP contribution in [-0.2, 0) is 6.18 Å². The van der Waals surface area contributed by atoms with Crippen molar-refractivity contribution >= 4 is 5.91 Å². The number of carbonyl (C=O) groups excluding carboxylic acids is 1. The number of rotatable bonds is 3. The topological polar surface area (TPSA) is 71.0 Å². The number of piperidine rings is 1. The van der Waals surface area contributed by atoms with Crippen LogP contribution in [0, 0.1) is 0 Å². The number of likely N-dealkylation sites (tertiary alicyclic amines) is 1. The molecule has 30 heavy (non-hydrogen) atoms. The molecule has 1 aliphatic heterocycles. The van der Waals surface area contributed by atoms with Gasteiger partial charge in [-0.1, -0.05) is 24.3 Å². The van der Waals surface area contributed by atoms with Gasteiger partial charge in [0, 0.05) is 24.6 Å². The lowest BCUT2D eigenvalue weighted by Crippen LogP contribution is -2.38. The van der Waals surface area contributed by atoms with E-state index >= 15 is 0 Å². The van der Waals surface area contributed by atoms with Gasteiger partial charge in [0.25, 0.3) is 5.91 Å². The van der Waals surface area contributed by atoms with Crippen molar-refractivity contribution in [1.29, 1.82) is 0 Å². The maximum Gasteiger partial charge on any atom is 0.416 e. The molecule has 0 saturated carbocycles. The summed E-state index contributed by atoms with van der Waals surface area (Å²) >= 11 is 0. The van der Waals surface area contributed by atoms with Crippen molar-refractivity contribution < 1.29 is 18.0 Å². The number of nitrogens with zero attached hydrogens (tertiary/aromatic N) is 3. The van der Waals surface area contributed by atoms with E-state index < -0.39 is 17.6 Å². The Hall–Kier alpha value is -3.36. The Morgan fingerprint density at radius 2 is 1.73 bits per heavy atom. The molecule has 0 bridgehead atoms. The standard InChI is InChI=1S/C21H19F3N4O2/c22-21(23,24)16-6-4-5-15(13-16)19(29)27-11-9-14(10-12-27)18-25-26-20(30)28(18)17-7-2-1-3-8-17/h1-8,13-14H,9-12H2,(H,26,30). The van der Waals surface area contributed by atoms with Gasteiger partial charge in [-0.25, -0.2) is 14.5 Å². The van der Waals surface area contributed by atoms with Crippen LogP contribution in [0.25, 0.3) is 5.69 Å². The molecule has 1 fully saturated rings. The highest BCUT2D eigenvalue weighted by Crippen LogP contribution is 2.31. The zero-order chi connectivity index (χ0) is 21.3. The van der Waals surface area contributed by atoms with E-state index in [-0.39, 0.29) is 17.2 Å². The number of H-pyrrole nitrogens is 1. The molecule has 0 atom stereocenters. The lowest BCUT2D eigenvalue weighted by molar-refractivity contribution is -0.137. The van der Waals surface area contributed by atoms with Crippen LogP contribution < -0.4 is 5.69 Å². The van der Waals surface area contributed by atoms with Gasteiger partial charge in [-0.05, 0) is 43.2 Å². The SMILES string of the molecule is O=C(c1cccc(C(F)(F)F)c1)N1CCC(c2n[nH]c(=O)n2-c2ccccc2)CC1. The zero-order valence-corrected chi connectivity index (χ0v) is 15.9. The summed E-state index contributed by atoms with van der Waals surface area (Å²) in [6.45, 7) is 0.741. The zero-order valence-electron chi connectivity index (χ0n) is 15.9. The maximum absolute atomic E-state index is 12.9. The van der Waals surface area contributed by atoms with Crippen LogP contribution in [-0.4, -0.2) is 38.7 Å². The number of hydrogen-bond acceptors (Lipinski definition) is 3. The predicted molar refractivity (Wildman–Crippen MR) is 104 cm³/mol. The van der Waals surface area contributed by atoms with Gasteiger partial charge in [0.1, 0.15) is 5.82 Å². The number of aromatic nitrogens is 3. The van der Waals surface area contributed by atoms with Crippen molar-refractivity contribution in [3.8, 4) is 5.69 Å². The summed E-state index contributed by atoms with van der Waals surface area (Å²) in [6, 6.07) is 13.6. The van der Waals surface area contributed by atoms with Crippen molar-refractivity contribution in [1.82, 2.24) is 19.7 Å². The van der Waals surface area contributed by atoms with E-state index in [9.17, 15) is 22.8 Å². The van der Waals surface area contributed by atoms with E-state index in [0.29, 0.717) is 37.4 Å². The van der Waals surface area contributed by atoms with E-state index in [0.717, 1.165) is 12.1 Å². The third kappa shape index (κ3) is 3.87. The molecular weight excluding hydrogens is 397 g/mol. The van der Waals surface area contributed by atoms with Crippen molar-refractivity contribution in [2.75, 3.05) is 13.1 Å². The molecule has 0 radical (unpaired) electrons. The van der Waals surface area contributed by atoms with Crippen LogP contribution in [0.1, 0.15) is 40.5 Å². The Morgan fingerprint density at radius 1 is 1.03 bits per heavy atom. The van der Waals surface area contributed by atoms with E-state index in [1.54, 1.807) is 4.90 Å². The molecule has 1 aliphatic rings. The lowest BCUT2D eigenvalue weighted by atomic mass is 9.95. The van der Waals surface area contributed by atoms with Crippen LogP contribution in [0.15, 0.2) is 59.4 Å². The smallest absolute Gasteiger partial charge is 0.339 e. The van der Waals surface area contributed by atoms with E-state index in [2.05, 4.69) is 10.2 Å². The summed E-state index contributed by atoms with van der Waals surface area (Å²) in [5.74, 6) is 0.120. The third-order valence-electron chi connectivity index (χ3n) is 5.30. The van der Waals surface area contributed by atoms with E-state index in [4.69, 9.17) is 0 Å². The van der Waals surface area contributed by atoms with Crippen molar-refractivity contribution in [3.05, 3.63) is 82.0 Å². The van der Waals surface area contributed by atoms with Crippen LogP contribution >= 0.6 is 0 Å². The fraction of sp³-hybridized carbons (Fsp3) is 0.286. The van der Waals surface area contributed by atoms with Crippen molar-refractivity contribution in [2.45, 2.75) is 24.9 Å². The highest BCUT2D eigenvalue weighted by molar-refractivity contribution is 5.94. The number of alkyl halides is 3. The molecule has 156 valence electrons. The molecule has 9 heteroatoms. The molecule has 0 aliphatic carbocycles. The average Bonchev–Trinajstić information content (AvgIpc) is 3.15. The minimum absolute atomic E-state index is 0.0178. The highest BCUT2D eigenvalue weighted by atomic mass is 19.4. The highest BCUT2D eigenvalue weighted by Gasteiger charge is 2.32. The molecule has 6 nitrogen and oxygen atoms in total. The summed E-state index contributed by atoms with van der Waals surface area (Å²) in [5.41, 5.74) is -0.455. The number of para-hydroxylation sites is 1. The largest absolute Gasteiger partial charge is 0.416 e. The Bertz CT molecular complexity index is 1100. The van der Waals surface area contributed by atoms with Crippen LogP contribution in [0.2, 0.25) is 0 Å². The number of nitrogens with one attached hydrogen (secondary N) is 1. The first-order valence-corrected chi connectivity index (χ1v) is 9.54. The Morgan fingerprint density at radius 3 is 2.40 bits per heavy atom. The van der Waals surface area contributed by atoms with E-state index in [1.165, 1.54) is 16.7 Å². The van der Waals surface area contributed by atoms with Gasteiger partial charge >= 0.3 is 11.9 Å². The number of halogens is 3. The lowest BCUT2D eigenvalue weighted by Gasteiger charge is -2.31. The van der Waals surface area contributed by atoms with Gasteiger partial charge in [-0.15, -0.1) is 0 Å². The first-order valence-electron chi connectivity index (χ1n) is 9.54. The first kappa shape index (κ1) is 19.9. The molecule has 2 heterocycles. The number of benzene rings is 2. The molecule has 3 aromatic rings. The number of aromatic amines is 1. The number of carbonyl (C=O) groups is 1. The first-order chi connectivity index (χ1) is 14.3. The molecule has 2 aromatic carbocycles. The molecule has 1 amide bonds. The Labute approximate surface area is 170 Å². The number of amides is 1. The van der Waals surface area contributed by atoms with Crippen LogP contribution in [0.5, 0.6) is 0 Å². The molecule has 1 saturated heterocycles. The van der Waals surface area contributed by atoms with Crippen LogP contribution in [0.4, 0.5) is 13.2 Å². The fourth-order valence-corrected chi connectivity index (χ4v) is 3.76. The maximum atomic E-state index is 12.9. The van der Waals surface area contributed by atoms with Gasteiger partial charge in [-0.2, -0.15) is 18.3 Å². The van der Waals surface area contributed by atoms with Gasteiger partial charge < -0.3 is 4.90 Å². The molecule has 1 N–H and O–H groups in total. The predicted octanol–water partition coefficient (Wildman–Crippen LogP) is 3.60. The second kappa shape index (κ2) is 7.81. The summed E-state index contributed by atoms with van der Waals surface area (Å²) < 4.78 is 40.3. The van der Waals surface area contributed by atoms with Gasteiger partial charge in [0.2, 0.25) is 0 Å². The van der Waals surface area contributed by atoms with Gasteiger partial charge in [0.15, 0.2) is 0 Å². The summed E-state index contributed by atoms with van der Waals surface area (Å²) in [7, 11) is 0. The quantitative estimate of drug-likeness (QED) is 0.709. The minimum atomic E-state index is -4.50.